The topological polar surface area (TPSA) is 72.7 Å². The Balaban J connectivity index is 0.00000312. The fraction of sp³-hybridized carbons (Fsp3) is 0.412. The maximum Gasteiger partial charge on any atom is 0.195 e. The number of halogens is 1. The van der Waals surface area contributed by atoms with Crippen LogP contribution in [0.25, 0.3) is 0 Å². The minimum atomic E-state index is 0. The highest BCUT2D eigenvalue weighted by Gasteiger charge is 2.07. The standard InChI is InChI=1S/C17H25N5O2.HI/c1-5-24-15-7-6-14(10-16(15)23-4)21-17(18-3)19-8-9-22-12-13(2)11-20-22;/h6-7,10-12H,5,8-9H2,1-4H3,(H2,18,19,21);1H. The van der Waals surface area contributed by atoms with Crippen LogP contribution < -0.4 is 20.1 Å². The molecule has 2 aromatic rings. The number of aromatic nitrogens is 2. The molecule has 0 atom stereocenters. The third-order valence-electron chi connectivity index (χ3n) is 3.35. The van der Waals surface area contributed by atoms with Gasteiger partial charge in [0, 0.05) is 31.5 Å². The molecule has 8 heteroatoms. The maximum absolute atomic E-state index is 5.52. The molecule has 0 amide bonds. The lowest BCUT2D eigenvalue weighted by atomic mass is 10.2. The van der Waals surface area contributed by atoms with Gasteiger partial charge in [-0.3, -0.25) is 9.67 Å². The van der Waals surface area contributed by atoms with Crippen LogP contribution in [0.2, 0.25) is 0 Å². The highest BCUT2D eigenvalue weighted by Crippen LogP contribution is 2.30. The largest absolute Gasteiger partial charge is 0.493 e. The summed E-state index contributed by atoms with van der Waals surface area (Å²) >= 11 is 0. The Hall–Kier alpha value is -1.97. The highest BCUT2D eigenvalue weighted by atomic mass is 127. The van der Waals surface area contributed by atoms with Crippen molar-refractivity contribution in [3.8, 4) is 11.5 Å². The zero-order chi connectivity index (χ0) is 17.4. The van der Waals surface area contributed by atoms with Gasteiger partial charge in [-0.25, -0.2) is 0 Å². The molecular weight excluding hydrogens is 433 g/mol. The van der Waals surface area contributed by atoms with Crippen molar-refractivity contribution in [2.24, 2.45) is 4.99 Å². The van der Waals surface area contributed by atoms with Gasteiger partial charge in [0.25, 0.3) is 0 Å². The van der Waals surface area contributed by atoms with E-state index in [1.54, 1.807) is 14.2 Å². The zero-order valence-electron chi connectivity index (χ0n) is 15.1. The summed E-state index contributed by atoms with van der Waals surface area (Å²) in [7, 11) is 3.36. The number of guanidine groups is 1. The molecule has 2 N–H and O–H groups in total. The molecule has 0 aliphatic heterocycles. The summed E-state index contributed by atoms with van der Waals surface area (Å²) in [6, 6.07) is 5.69. The van der Waals surface area contributed by atoms with E-state index >= 15 is 0 Å². The van der Waals surface area contributed by atoms with E-state index in [0.29, 0.717) is 18.3 Å². The SMILES string of the molecule is CCOc1ccc(NC(=NC)NCCn2cc(C)cn2)cc1OC.I. The van der Waals surface area contributed by atoms with Gasteiger partial charge < -0.3 is 20.1 Å². The lowest BCUT2D eigenvalue weighted by Gasteiger charge is -2.14. The molecular formula is C17H26IN5O2. The highest BCUT2D eigenvalue weighted by molar-refractivity contribution is 14.0. The Bertz CT molecular complexity index is 687. The summed E-state index contributed by atoms with van der Waals surface area (Å²) in [5.74, 6) is 2.09. The van der Waals surface area contributed by atoms with Gasteiger partial charge in [-0.2, -0.15) is 5.10 Å². The quantitative estimate of drug-likeness (QED) is 0.379. The molecule has 1 aromatic heterocycles. The van der Waals surface area contributed by atoms with Crippen molar-refractivity contribution >= 4 is 35.6 Å². The van der Waals surface area contributed by atoms with Gasteiger partial charge in [-0.15, -0.1) is 24.0 Å². The predicted octanol–water partition coefficient (Wildman–Crippen LogP) is 2.90. The second-order valence-electron chi connectivity index (χ2n) is 5.20. The summed E-state index contributed by atoms with van der Waals surface area (Å²) in [4.78, 5) is 4.23. The number of ether oxygens (including phenoxy) is 2. The van der Waals surface area contributed by atoms with Crippen LogP contribution in [0.15, 0.2) is 35.6 Å². The molecule has 0 saturated carbocycles. The Morgan fingerprint density at radius 1 is 1.32 bits per heavy atom. The van der Waals surface area contributed by atoms with Crippen molar-refractivity contribution in [1.82, 2.24) is 15.1 Å². The number of nitrogens with zero attached hydrogens (tertiary/aromatic N) is 3. The fourth-order valence-corrected chi connectivity index (χ4v) is 2.21. The molecule has 0 spiro atoms. The lowest BCUT2D eigenvalue weighted by molar-refractivity contribution is 0.311. The summed E-state index contributed by atoms with van der Waals surface area (Å²) < 4.78 is 12.8. The van der Waals surface area contributed by atoms with E-state index in [4.69, 9.17) is 9.47 Å². The number of methoxy groups -OCH3 is 1. The van der Waals surface area contributed by atoms with E-state index in [-0.39, 0.29) is 24.0 Å². The molecule has 7 nitrogen and oxygen atoms in total. The fourth-order valence-electron chi connectivity index (χ4n) is 2.21. The third kappa shape index (κ3) is 6.45. The lowest BCUT2D eigenvalue weighted by Crippen LogP contribution is -2.33. The zero-order valence-corrected chi connectivity index (χ0v) is 17.4. The first-order chi connectivity index (χ1) is 11.7. The minimum absolute atomic E-state index is 0. The molecule has 0 aliphatic rings. The predicted molar refractivity (Wildman–Crippen MR) is 112 cm³/mol. The molecule has 2 rings (SSSR count). The van der Waals surface area contributed by atoms with E-state index in [1.165, 1.54) is 0 Å². The molecule has 0 unspecified atom stereocenters. The summed E-state index contributed by atoms with van der Waals surface area (Å²) in [6.45, 7) is 6.05. The number of anilines is 1. The van der Waals surface area contributed by atoms with Gasteiger partial charge in [0.1, 0.15) is 0 Å². The first-order valence-electron chi connectivity index (χ1n) is 7.93. The van der Waals surface area contributed by atoms with Crippen LogP contribution in [0.5, 0.6) is 11.5 Å². The van der Waals surface area contributed by atoms with Crippen molar-refractivity contribution < 1.29 is 9.47 Å². The Labute approximate surface area is 165 Å². The average Bonchev–Trinajstić information content (AvgIpc) is 3.00. The van der Waals surface area contributed by atoms with E-state index < -0.39 is 0 Å². The van der Waals surface area contributed by atoms with Crippen LogP contribution in [-0.4, -0.2) is 43.0 Å². The van der Waals surface area contributed by atoms with Crippen molar-refractivity contribution in [3.05, 3.63) is 36.2 Å². The number of aryl methyl sites for hydroxylation is 1. The monoisotopic (exact) mass is 459 g/mol. The molecule has 0 saturated heterocycles. The normalized spacial score (nSPS) is 10.8. The maximum atomic E-state index is 5.52. The van der Waals surface area contributed by atoms with Crippen LogP contribution in [0.1, 0.15) is 12.5 Å². The van der Waals surface area contributed by atoms with Gasteiger partial charge in [-0.1, -0.05) is 0 Å². The molecule has 0 fully saturated rings. The van der Waals surface area contributed by atoms with Crippen molar-refractivity contribution in [1.29, 1.82) is 0 Å². The van der Waals surface area contributed by atoms with Crippen molar-refractivity contribution in [2.75, 3.05) is 32.6 Å². The molecule has 1 heterocycles. The van der Waals surface area contributed by atoms with Crippen LogP contribution >= 0.6 is 24.0 Å². The Morgan fingerprint density at radius 3 is 2.72 bits per heavy atom. The second kappa shape index (κ2) is 10.8. The second-order valence-corrected chi connectivity index (χ2v) is 5.20. The molecule has 0 radical (unpaired) electrons. The summed E-state index contributed by atoms with van der Waals surface area (Å²) in [5.41, 5.74) is 2.03. The Morgan fingerprint density at radius 2 is 2.12 bits per heavy atom. The average molecular weight is 459 g/mol. The van der Waals surface area contributed by atoms with E-state index in [9.17, 15) is 0 Å². The number of hydrogen-bond donors (Lipinski definition) is 2. The number of nitrogens with one attached hydrogen (secondary N) is 2. The molecule has 138 valence electrons. The third-order valence-corrected chi connectivity index (χ3v) is 3.35. The summed E-state index contributed by atoms with van der Waals surface area (Å²) in [6.07, 6.45) is 3.86. The van der Waals surface area contributed by atoms with Crippen molar-refractivity contribution in [2.45, 2.75) is 20.4 Å². The summed E-state index contributed by atoms with van der Waals surface area (Å²) in [5, 5.41) is 10.8. The molecule has 0 aliphatic carbocycles. The van der Waals surface area contributed by atoms with Crippen LogP contribution in [-0.2, 0) is 6.54 Å². The Kier molecular flexibility index (Phi) is 9.11. The molecule has 0 bridgehead atoms. The van der Waals surface area contributed by atoms with Crippen molar-refractivity contribution in [3.63, 3.8) is 0 Å². The van der Waals surface area contributed by atoms with Gasteiger partial charge in [0.15, 0.2) is 17.5 Å². The number of benzene rings is 1. The van der Waals surface area contributed by atoms with Gasteiger partial charge in [0.05, 0.1) is 26.5 Å². The number of rotatable bonds is 7. The van der Waals surface area contributed by atoms with Gasteiger partial charge >= 0.3 is 0 Å². The first-order valence-corrected chi connectivity index (χ1v) is 7.93. The smallest absolute Gasteiger partial charge is 0.195 e. The van der Waals surface area contributed by atoms with Gasteiger partial charge in [-0.05, 0) is 31.5 Å². The molecule has 1 aromatic carbocycles. The van der Waals surface area contributed by atoms with Crippen LogP contribution in [0, 0.1) is 6.92 Å². The van der Waals surface area contributed by atoms with E-state index in [1.807, 2.05) is 49.1 Å². The minimum Gasteiger partial charge on any atom is -0.493 e. The molecule has 25 heavy (non-hydrogen) atoms. The number of aliphatic imine (C=N–C) groups is 1. The van der Waals surface area contributed by atoms with E-state index in [2.05, 4.69) is 20.7 Å². The van der Waals surface area contributed by atoms with E-state index in [0.717, 1.165) is 30.1 Å². The van der Waals surface area contributed by atoms with Crippen LogP contribution in [0.3, 0.4) is 0 Å². The first kappa shape index (κ1) is 21.1. The number of hydrogen-bond acceptors (Lipinski definition) is 4. The van der Waals surface area contributed by atoms with Crippen LogP contribution in [0.4, 0.5) is 5.69 Å². The van der Waals surface area contributed by atoms with Gasteiger partial charge in [0.2, 0.25) is 0 Å².